The first-order chi connectivity index (χ1) is 14.9. The van der Waals surface area contributed by atoms with Crippen LogP contribution in [0.25, 0.3) is 0 Å². The van der Waals surface area contributed by atoms with Gasteiger partial charge in [-0.05, 0) is 56.5 Å². The lowest BCUT2D eigenvalue weighted by Crippen LogP contribution is -2.32. The van der Waals surface area contributed by atoms with Crippen LogP contribution in [0.2, 0.25) is 5.02 Å². The lowest BCUT2D eigenvalue weighted by Gasteiger charge is -2.22. The fourth-order valence-electron chi connectivity index (χ4n) is 3.54. The first-order valence-electron chi connectivity index (χ1n) is 10.7. The number of amides is 1. The number of nitrogens with one attached hydrogen (secondary N) is 3. The number of halogens is 1. The first kappa shape index (κ1) is 24.0. The van der Waals surface area contributed by atoms with E-state index < -0.39 is 10.0 Å². The van der Waals surface area contributed by atoms with Gasteiger partial charge in [0.05, 0.1) is 17.0 Å². The summed E-state index contributed by atoms with van der Waals surface area (Å²) in [7, 11) is -3.74. The summed E-state index contributed by atoms with van der Waals surface area (Å²) in [6.45, 7) is 1.62. The molecule has 10 heteroatoms. The summed E-state index contributed by atoms with van der Waals surface area (Å²) in [6, 6.07) is 6.55. The average molecular weight is 485 g/mol. The summed E-state index contributed by atoms with van der Waals surface area (Å²) in [5.74, 6) is -0.113. The van der Waals surface area contributed by atoms with Gasteiger partial charge in [-0.1, -0.05) is 30.9 Å². The van der Waals surface area contributed by atoms with Crippen molar-refractivity contribution in [3.8, 4) is 0 Å². The highest BCUT2D eigenvalue weighted by Gasteiger charge is 2.17. The highest BCUT2D eigenvalue weighted by molar-refractivity contribution is 7.93. The molecule has 3 N–H and O–H groups in total. The molecule has 1 fully saturated rings. The Morgan fingerprint density at radius 3 is 2.55 bits per heavy atom. The van der Waals surface area contributed by atoms with E-state index in [0.717, 1.165) is 30.7 Å². The van der Waals surface area contributed by atoms with Gasteiger partial charge in [0.1, 0.15) is 0 Å². The van der Waals surface area contributed by atoms with Gasteiger partial charge in [-0.2, -0.15) is 0 Å². The van der Waals surface area contributed by atoms with Crippen molar-refractivity contribution in [3.05, 3.63) is 40.4 Å². The highest BCUT2D eigenvalue weighted by Crippen LogP contribution is 2.21. The molecule has 1 aromatic carbocycles. The van der Waals surface area contributed by atoms with Gasteiger partial charge in [0.25, 0.3) is 10.0 Å². The third kappa shape index (κ3) is 8.07. The maximum atomic E-state index is 12.4. The lowest BCUT2D eigenvalue weighted by molar-refractivity contribution is -0.120. The molecule has 0 saturated heterocycles. The zero-order valence-electron chi connectivity index (χ0n) is 17.4. The second-order valence-corrected chi connectivity index (χ2v) is 10.7. The maximum Gasteiger partial charge on any atom is 0.263 e. The van der Waals surface area contributed by atoms with Crippen LogP contribution in [0.3, 0.4) is 0 Å². The Labute approximate surface area is 193 Å². The molecule has 0 atom stereocenters. The predicted molar refractivity (Wildman–Crippen MR) is 125 cm³/mol. The van der Waals surface area contributed by atoms with E-state index in [1.54, 1.807) is 5.38 Å². The summed E-state index contributed by atoms with van der Waals surface area (Å²) in [4.78, 5) is 16.4. The van der Waals surface area contributed by atoms with Crippen LogP contribution in [0.15, 0.2) is 34.5 Å². The Morgan fingerprint density at radius 1 is 1.10 bits per heavy atom. The summed E-state index contributed by atoms with van der Waals surface area (Å²) in [5, 5.41) is 8.88. The largest absolute Gasteiger partial charge is 0.356 e. The van der Waals surface area contributed by atoms with Gasteiger partial charge in [-0.3, -0.25) is 9.52 Å². The number of anilines is 1. The number of rotatable bonds is 11. The van der Waals surface area contributed by atoms with E-state index in [0.29, 0.717) is 23.3 Å². The van der Waals surface area contributed by atoms with Gasteiger partial charge in [0.15, 0.2) is 5.13 Å². The van der Waals surface area contributed by atoms with E-state index in [9.17, 15) is 13.2 Å². The van der Waals surface area contributed by atoms with E-state index in [4.69, 9.17) is 11.6 Å². The smallest absolute Gasteiger partial charge is 0.263 e. The molecule has 31 heavy (non-hydrogen) atoms. The van der Waals surface area contributed by atoms with Gasteiger partial charge in [-0.15, -0.1) is 11.3 Å². The van der Waals surface area contributed by atoms with Crippen LogP contribution in [-0.4, -0.2) is 38.4 Å². The number of carbonyl (C=O) groups excluding carboxylic acids is 1. The average Bonchev–Trinajstić information content (AvgIpc) is 3.17. The molecule has 0 aliphatic heterocycles. The molecule has 0 spiro atoms. The van der Waals surface area contributed by atoms with Crippen LogP contribution in [0.1, 0.15) is 50.6 Å². The summed E-state index contributed by atoms with van der Waals surface area (Å²) >= 11 is 6.95. The summed E-state index contributed by atoms with van der Waals surface area (Å²) < 4.78 is 27.2. The first-order valence-corrected chi connectivity index (χ1v) is 13.4. The number of benzene rings is 1. The zero-order chi connectivity index (χ0) is 22.1. The molecule has 0 bridgehead atoms. The van der Waals surface area contributed by atoms with Gasteiger partial charge >= 0.3 is 0 Å². The standard InChI is InChI=1S/C21H29ClN4O3S2/c22-16-8-10-19(11-9-16)31(28,29)26-21-25-18(15-30-21)14-20(27)24-13-5-4-12-23-17-6-2-1-3-7-17/h8-11,15,17,23H,1-7,12-14H2,(H,24,27)(H,25,26). The van der Waals surface area contributed by atoms with Crippen molar-refractivity contribution in [3.63, 3.8) is 0 Å². The van der Waals surface area contributed by atoms with Crippen molar-refractivity contribution in [2.24, 2.45) is 0 Å². The molecule has 7 nitrogen and oxygen atoms in total. The number of thiazole rings is 1. The van der Waals surface area contributed by atoms with Crippen molar-refractivity contribution in [1.82, 2.24) is 15.6 Å². The van der Waals surface area contributed by atoms with Gasteiger partial charge in [0.2, 0.25) is 5.91 Å². The van der Waals surface area contributed by atoms with Gasteiger partial charge in [0, 0.05) is 23.0 Å². The number of hydrogen-bond acceptors (Lipinski definition) is 6. The normalized spacial score (nSPS) is 15.0. The number of hydrogen-bond donors (Lipinski definition) is 3. The minimum absolute atomic E-state index is 0.101. The molecule has 0 unspecified atom stereocenters. The van der Waals surface area contributed by atoms with Gasteiger partial charge in [-0.25, -0.2) is 13.4 Å². The Morgan fingerprint density at radius 2 is 1.81 bits per heavy atom. The minimum atomic E-state index is -3.74. The lowest BCUT2D eigenvalue weighted by atomic mass is 9.95. The van der Waals surface area contributed by atoms with Crippen molar-refractivity contribution in [2.75, 3.05) is 17.8 Å². The van der Waals surface area contributed by atoms with Crippen LogP contribution in [-0.2, 0) is 21.2 Å². The Bertz CT molecular complexity index is 942. The third-order valence-electron chi connectivity index (χ3n) is 5.20. The predicted octanol–water partition coefficient (Wildman–Crippen LogP) is 3.96. The fraction of sp³-hybridized carbons (Fsp3) is 0.524. The Hall–Kier alpha value is -1.68. The number of sulfonamides is 1. The van der Waals surface area contributed by atoms with Crippen LogP contribution in [0, 0.1) is 0 Å². The summed E-state index contributed by atoms with van der Waals surface area (Å²) in [5.41, 5.74) is 0.537. The summed E-state index contributed by atoms with van der Waals surface area (Å²) in [6.07, 6.45) is 8.66. The maximum absolute atomic E-state index is 12.4. The number of aromatic nitrogens is 1. The fourth-order valence-corrected chi connectivity index (χ4v) is 5.63. The topological polar surface area (TPSA) is 100 Å². The van der Waals surface area contributed by atoms with Crippen LogP contribution >= 0.6 is 22.9 Å². The molecule has 1 saturated carbocycles. The molecule has 1 amide bonds. The SMILES string of the molecule is O=C(Cc1csc(NS(=O)(=O)c2ccc(Cl)cc2)n1)NCCCCNC1CCCCC1. The minimum Gasteiger partial charge on any atom is -0.356 e. The van der Waals surface area contributed by atoms with Crippen LogP contribution < -0.4 is 15.4 Å². The van der Waals surface area contributed by atoms with E-state index in [1.165, 1.54) is 56.4 Å². The number of carbonyl (C=O) groups is 1. The molecule has 170 valence electrons. The second-order valence-electron chi connectivity index (χ2n) is 7.73. The van der Waals surface area contributed by atoms with Gasteiger partial charge < -0.3 is 10.6 Å². The highest BCUT2D eigenvalue weighted by atomic mass is 35.5. The van der Waals surface area contributed by atoms with E-state index in [2.05, 4.69) is 20.3 Å². The molecule has 2 aromatic rings. The van der Waals surface area contributed by atoms with Crippen molar-refractivity contribution >= 4 is 44.0 Å². The molecule has 1 aliphatic carbocycles. The second kappa shape index (κ2) is 11.8. The van der Waals surface area contributed by atoms with Crippen LogP contribution in [0.4, 0.5) is 5.13 Å². The zero-order valence-corrected chi connectivity index (χ0v) is 19.8. The quantitative estimate of drug-likeness (QED) is 0.419. The molecular weight excluding hydrogens is 456 g/mol. The Balaban J connectivity index is 1.35. The van der Waals surface area contributed by atoms with Crippen LogP contribution in [0.5, 0.6) is 0 Å². The van der Waals surface area contributed by atoms with Crippen molar-refractivity contribution in [2.45, 2.75) is 62.3 Å². The number of unbranched alkanes of at least 4 members (excludes halogenated alkanes) is 1. The van der Waals surface area contributed by atoms with E-state index >= 15 is 0 Å². The molecule has 1 aliphatic rings. The van der Waals surface area contributed by atoms with E-state index in [-0.39, 0.29) is 22.4 Å². The Kier molecular flexibility index (Phi) is 9.13. The molecular formula is C21H29ClN4O3S2. The molecule has 3 rings (SSSR count). The molecule has 1 heterocycles. The molecule has 1 aromatic heterocycles. The third-order valence-corrected chi connectivity index (χ3v) is 7.75. The number of nitrogens with zero attached hydrogens (tertiary/aromatic N) is 1. The van der Waals surface area contributed by atoms with Crippen molar-refractivity contribution < 1.29 is 13.2 Å². The monoisotopic (exact) mass is 484 g/mol. The van der Waals surface area contributed by atoms with E-state index in [1.807, 2.05) is 0 Å². The molecule has 0 radical (unpaired) electrons. The van der Waals surface area contributed by atoms with Crippen molar-refractivity contribution in [1.29, 1.82) is 0 Å².